The van der Waals surface area contributed by atoms with Crippen molar-refractivity contribution in [1.82, 2.24) is 10.9 Å². The Hall–Kier alpha value is -3.35. The minimum atomic E-state index is -0.415. The second kappa shape index (κ2) is 10.4. The topological polar surface area (TPSA) is 76.7 Å². The van der Waals surface area contributed by atoms with Crippen LogP contribution < -0.4 is 15.6 Å². The number of methoxy groups -OCH3 is 1. The number of amides is 2. The van der Waals surface area contributed by atoms with E-state index in [1.54, 1.807) is 73.8 Å². The van der Waals surface area contributed by atoms with E-state index in [0.29, 0.717) is 35.1 Å². The molecule has 2 amide bonds. The first-order chi connectivity index (χ1) is 14.5. The van der Waals surface area contributed by atoms with Gasteiger partial charge in [-0.15, -0.1) is 0 Å². The molecule has 0 aliphatic carbocycles. The zero-order valence-corrected chi connectivity index (χ0v) is 17.1. The number of hydrogen-bond donors (Lipinski definition) is 2. The molecule has 154 valence electrons. The molecule has 0 fully saturated rings. The van der Waals surface area contributed by atoms with Gasteiger partial charge in [-0.1, -0.05) is 35.9 Å². The van der Waals surface area contributed by atoms with E-state index in [2.05, 4.69) is 10.9 Å². The standard InChI is InChI=1S/C23H21ClN2O4/c1-29-14-17-3-2-4-19(13-17)23(28)26-25-22(27)18-7-5-16(6-8-18)15-30-21-11-9-20(24)10-12-21/h2-13H,14-15H2,1H3,(H,25,27)(H,26,28). The van der Waals surface area contributed by atoms with Crippen molar-refractivity contribution in [3.63, 3.8) is 0 Å². The Morgan fingerprint density at radius 3 is 2.13 bits per heavy atom. The molecule has 0 aromatic heterocycles. The number of halogens is 1. The molecule has 0 unspecified atom stereocenters. The molecule has 0 atom stereocenters. The summed E-state index contributed by atoms with van der Waals surface area (Å²) in [6, 6.07) is 21.0. The predicted octanol–water partition coefficient (Wildman–Crippen LogP) is 4.14. The quantitative estimate of drug-likeness (QED) is 0.559. The monoisotopic (exact) mass is 424 g/mol. The largest absolute Gasteiger partial charge is 0.489 e. The minimum absolute atomic E-state index is 0.359. The van der Waals surface area contributed by atoms with Gasteiger partial charge >= 0.3 is 0 Å². The van der Waals surface area contributed by atoms with Gasteiger partial charge in [-0.2, -0.15) is 0 Å². The summed E-state index contributed by atoms with van der Waals surface area (Å²) < 4.78 is 10.7. The number of nitrogens with one attached hydrogen (secondary N) is 2. The summed E-state index contributed by atoms with van der Waals surface area (Å²) in [5.41, 5.74) is 7.45. The molecule has 30 heavy (non-hydrogen) atoms. The van der Waals surface area contributed by atoms with Crippen LogP contribution in [0.15, 0.2) is 72.8 Å². The molecular formula is C23H21ClN2O4. The number of carbonyl (C=O) groups excluding carboxylic acids is 2. The highest BCUT2D eigenvalue weighted by atomic mass is 35.5. The van der Waals surface area contributed by atoms with E-state index < -0.39 is 11.8 Å². The molecule has 2 N–H and O–H groups in total. The van der Waals surface area contributed by atoms with Gasteiger partial charge in [-0.3, -0.25) is 20.4 Å². The average Bonchev–Trinajstić information content (AvgIpc) is 2.77. The molecule has 0 heterocycles. The summed E-state index contributed by atoms with van der Waals surface area (Å²) in [6.45, 7) is 0.764. The fraction of sp³-hybridized carbons (Fsp3) is 0.130. The lowest BCUT2D eigenvalue weighted by Gasteiger charge is -2.10. The maximum atomic E-state index is 12.3. The normalized spacial score (nSPS) is 10.3. The average molecular weight is 425 g/mol. The first-order valence-electron chi connectivity index (χ1n) is 9.21. The number of carbonyl (C=O) groups is 2. The molecule has 0 saturated carbocycles. The third-order valence-electron chi connectivity index (χ3n) is 4.23. The zero-order valence-electron chi connectivity index (χ0n) is 16.4. The van der Waals surface area contributed by atoms with Gasteiger partial charge in [-0.05, 0) is 59.7 Å². The van der Waals surface area contributed by atoms with Gasteiger partial charge in [0.15, 0.2) is 0 Å². The van der Waals surface area contributed by atoms with Crippen LogP contribution in [0.5, 0.6) is 5.75 Å². The van der Waals surface area contributed by atoms with Crippen molar-refractivity contribution < 1.29 is 19.1 Å². The Kier molecular flexibility index (Phi) is 7.43. The predicted molar refractivity (Wildman–Crippen MR) is 114 cm³/mol. The molecule has 3 aromatic carbocycles. The van der Waals surface area contributed by atoms with Crippen LogP contribution in [0.1, 0.15) is 31.8 Å². The van der Waals surface area contributed by atoms with E-state index in [1.807, 2.05) is 6.07 Å². The highest BCUT2D eigenvalue weighted by molar-refractivity contribution is 6.30. The molecule has 6 nitrogen and oxygen atoms in total. The lowest BCUT2D eigenvalue weighted by atomic mass is 10.1. The van der Waals surface area contributed by atoms with Crippen LogP contribution in [0.3, 0.4) is 0 Å². The Bertz CT molecular complexity index is 1000. The first-order valence-corrected chi connectivity index (χ1v) is 9.59. The van der Waals surface area contributed by atoms with E-state index in [4.69, 9.17) is 21.1 Å². The van der Waals surface area contributed by atoms with Crippen molar-refractivity contribution in [2.45, 2.75) is 13.2 Å². The third-order valence-corrected chi connectivity index (χ3v) is 4.48. The van der Waals surface area contributed by atoms with Crippen LogP contribution in [-0.2, 0) is 18.0 Å². The molecular weight excluding hydrogens is 404 g/mol. The summed E-state index contributed by atoms with van der Waals surface area (Å²) in [5.74, 6) is -0.116. The van der Waals surface area contributed by atoms with Gasteiger partial charge < -0.3 is 9.47 Å². The summed E-state index contributed by atoms with van der Waals surface area (Å²) in [4.78, 5) is 24.5. The molecule has 0 bridgehead atoms. The Balaban J connectivity index is 1.51. The van der Waals surface area contributed by atoms with Crippen LogP contribution in [0.4, 0.5) is 0 Å². The first kappa shape index (κ1) is 21.4. The van der Waals surface area contributed by atoms with Crippen LogP contribution in [0, 0.1) is 0 Å². The molecule has 0 aliphatic rings. The maximum Gasteiger partial charge on any atom is 0.269 e. The molecule has 3 rings (SSSR count). The van der Waals surface area contributed by atoms with E-state index in [-0.39, 0.29) is 0 Å². The minimum Gasteiger partial charge on any atom is -0.489 e. The molecule has 0 spiro atoms. The Morgan fingerprint density at radius 2 is 1.47 bits per heavy atom. The number of hydrogen-bond acceptors (Lipinski definition) is 4. The van der Waals surface area contributed by atoms with Crippen molar-refractivity contribution in [2.24, 2.45) is 0 Å². The van der Waals surface area contributed by atoms with Gasteiger partial charge in [0.1, 0.15) is 12.4 Å². The summed E-state index contributed by atoms with van der Waals surface area (Å²) in [6.07, 6.45) is 0. The van der Waals surface area contributed by atoms with Gasteiger partial charge in [0, 0.05) is 23.3 Å². The van der Waals surface area contributed by atoms with Crippen LogP contribution in [0.2, 0.25) is 5.02 Å². The fourth-order valence-corrected chi connectivity index (χ4v) is 2.80. The van der Waals surface area contributed by atoms with Gasteiger partial charge in [-0.25, -0.2) is 0 Å². The SMILES string of the molecule is COCc1cccc(C(=O)NNC(=O)c2ccc(COc3ccc(Cl)cc3)cc2)c1. The molecule has 3 aromatic rings. The van der Waals surface area contributed by atoms with E-state index in [9.17, 15) is 9.59 Å². The van der Waals surface area contributed by atoms with Gasteiger partial charge in [0.25, 0.3) is 11.8 Å². The highest BCUT2D eigenvalue weighted by Crippen LogP contribution is 2.17. The van der Waals surface area contributed by atoms with Crippen molar-refractivity contribution in [1.29, 1.82) is 0 Å². The van der Waals surface area contributed by atoms with Gasteiger partial charge in [0.05, 0.1) is 6.61 Å². The van der Waals surface area contributed by atoms with Crippen LogP contribution >= 0.6 is 11.6 Å². The van der Waals surface area contributed by atoms with E-state index in [1.165, 1.54) is 0 Å². The smallest absolute Gasteiger partial charge is 0.269 e. The van der Waals surface area contributed by atoms with Crippen LogP contribution in [0.25, 0.3) is 0 Å². The third kappa shape index (κ3) is 6.07. The molecule has 0 aliphatic heterocycles. The Morgan fingerprint density at radius 1 is 0.800 bits per heavy atom. The second-order valence-electron chi connectivity index (χ2n) is 6.48. The number of hydrazine groups is 1. The number of rotatable bonds is 7. The van der Waals surface area contributed by atoms with Crippen molar-refractivity contribution in [2.75, 3.05) is 7.11 Å². The van der Waals surface area contributed by atoms with Gasteiger partial charge in [0.2, 0.25) is 0 Å². The lowest BCUT2D eigenvalue weighted by Crippen LogP contribution is -2.41. The molecule has 0 radical (unpaired) electrons. The van der Waals surface area contributed by atoms with Crippen molar-refractivity contribution in [3.05, 3.63) is 100 Å². The number of ether oxygens (including phenoxy) is 2. The van der Waals surface area contributed by atoms with E-state index in [0.717, 1.165) is 11.1 Å². The summed E-state index contributed by atoms with van der Waals surface area (Å²) in [7, 11) is 1.59. The fourth-order valence-electron chi connectivity index (χ4n) is 2.68. The number of benzene rings is 3. The van der Waals surface area contributed by atoms with Crippen molar-refractivity contribution in [3.8, 4) is 5.75 Å². The highest BCUT2D eigenvalue weighted by Gasteiger charge is 2.10. The summed E-state index contributed by atoms with van der Waals surface area (Å²) >= 11 is 5.85. The summed E-state index contributed by atoms with van der Waals surface area (Å²) in [5, 5.41) is 0.646. The van der Waals surface area contributed by atoms with E-state index >= 15 is 0 Å². The van der Waals surface area contributed by atoms with Crippen LogP contribution in [-0.4, -0.2) is 18.9 Å². The lowest BCUT2D eigenvalue weighted by molar-refractivity contribution is 0.0846. The molecule has 7 heteroatoms. The van der Waals surface area contributed by atoms with Crippen molar-refractivity contribution >= 4 is 23.4 Å². The molecule has 0 saturated heterocycles. The zero-order chi connectivity index (χ0) is 21.3. The Labute approximate surface area is 179 Å². The second-order valence-corrected chi connectivity index (χ2v) is 6.92. The maximum absolute atomic E-state index is 12.3.